The monoisotopic (exact) mass is 297 g/mol. The van der Waals surface area contributed by atoms with Gasteiger partial charge in [0.05, 0.1) is 11.4 Å². The zero-order valence-electron chi connectivity index (χ0n) is 11.5. The number of thiophene rings is 1. The van der Waals surface area contributed by atoms with Crippen LogP contribution in [0.25, 0.3) is 0 Å². The molecule has 6 nitrogen and oxygen atoms in total. The van der Waals surface area contributed by atoms with Gasteiger partial charge in [0.25, 0.3) is 5.91 Å². The fraction of sp³-hybridized carbons (Fsp3) is 0.462. The Morgan fingerprint density at radius 1 is 1.35 bits per heavy atom. The van der Waals surface area contributed by atoms with Crippen molar-refractivity contribution in [1.82, 2.24) is 10.6 Å². The van der Waals surface area contributed by atoms with Crippen molar-refractivity contribution in [3.8, 4) is 0 Å². The van der Waals surface area contributed by atoms with Crippen LogP contribution in [0.2, 0.25) is 0 Å². The van der Waals surface area contributed by atoms with Crippen molar-refractivity contribution in [2.75, 3.05) is 6.54 Å². The van der Waals surface area contributed by atoms with Gasteiger partial charge in [-0.15, -0.1) is 11.3 Å². The Balaban J connectivity index is 2.66. The Hall–Kier alpha value is -1.89. The number of primary amides is 1. The Morgan fingerprint density at radius 3 is 2.55 bits per heavy atom. The van der Waals surface area contributed by atoms with Crippen LogP contribution in [-0.4, -0.2) is 30.3 Å². The van der Waals surface area contributed by atoms with Crippen LogP contribution in [0.1, 0.15) is 29.9 Å². The van der Waals surface area contributed by atoms with Gasteiger partial charge in [-0.25, -0.2) is 0 Å². The minimum atomic E-state index is -0.677. The summed E-state index contributed by atoms with van der Waals surface area (Å²) in [5.74, 6) is -1.09. The molecule has 1 heterocycles. The fourth-order valence-electron chi connectivity index (χ4n) is 1.64. The predicted octanol–water partition coefficient (Wildman–Crippen LogP) is 0.494. The number of rotatable bonds is 7. The molecule has 7 heteroatoms. The maximum Gasteiger partial charge on any atom is 0.261 e. The van der Waals surface area contributed by atoms with Crippen molar-refractivity contribution in [3.63, 3.8) is 0 Å². The number of carbonyl (C=O) groups excluding carboxylic acids is 3. The summed E-state index contributed by atoms with van der Waals surface area (Å²) < 4.78 is 0. The third-order valence-electron chi connectivity index (χ3n) is 2.51. The molecular weight excluding hydrogens is 278 g/mol. The number of hydrogen-bond donors (Lipinski definition) is 3. The Morgan fingerprint density at radius 2 is 2.05 bits per heavy atom. The van der Waals surface area contributed by atoms with Gasteiger partial charge in [-0.05, 0) is 23.8 Å². The first-order valence-electron chi connectivity index (χ1n) is 6.30. The Bertz CT molecular complexity index is 471. The summed E-state index contributed by atoms with van der Waals surface area (Å²) in [6, 6.07) is 2.78. The predicted molar refractivity (Wildman–Crippen MR) is 77.2 cm³/mol. The molecule has 110 valence electrons. The van der Waals surface area contributed by atoms with Crippen LogP contribution in [0.5, 0.6) is 0 Å². The first kappa shape index (κ1) is 16.2. The summed E-state index contributed by atoms with van der Waals surface area (Å²) in [4.78, 5) is 35.1. The topological polar surface area (TPSA) is 101 Å². The van der Waals surface area contributed by atoms with Crippen molar-refractivity contribution in [2.24, 2.45) is 11.7 Å². The van der Waals surface area contributed by atoms with E-state index >= 15 is 0 Å². The van der Waals surface area contributed by atoms with E-state index in [1.165, 1.54) is 11.3 Å². The van der Waals surface area contributed by atoms with Crippen molar-refractivity contribution in [1.29, 1.82) is 0 Å². The summed E-state index contributed by atoms with van der Waals surface area (Å²) >= 11 is 1.30. The quantitative estimate of drug-likeness (QED) is 0.683. The molecule has 1 rings (SSSR count). The first-order chi connectivity index (χ1) is 9.40. The third kappa shape index (κ3) is 5.40. The summed E-state index contributed by atoms with van der Waals surface area (Å²) in [5, 5.41) is 6.89. The van der Waals surface area contributed by atoms with E-state index in [1.54, 1.807) is 17.5 Å². The van der Waals surface area contributed by atoms with Crippen LogP contribution < -0.4 is 16.4 Å². The first-order valence-corrected chi connectivity index (χ1v) is 7.18. The van der Waals surface area contributed by atoms with Crippen LogP contribution in [0.4, 0.5) is 0 Å². The molecule has 0 unspecified atom stereocenters. The molecule has 0 aromatic carbocycles. The number of nitrogens with two attached hydrogens (primary N) is 1. The molecule has 0 aliphatic rings. The van der Waals surface area contributed by atoms with E-state index in [0.717, 1.165) is 0 Å². The van der Waals surface area contributed by atoms with E-state index in [9.17, 15) is 14.4 Å². The maximum atomic E-state index is 12.0. The minimum absolute atomic E-state index is 0.225. The Kier molecular flexibility index (Phi) is 6.17. The summed E-state index contributed by atoms with van der Waals surface area (Å²) in [5.41, 5.74) is 4.98. The van der Waals surface area contributed by atoms with Crippen LogP contribution >= 0.6 is 11.3 Å². The van der Waals surface area contributed by atoms with E-state index in [0.29, 0.717) is 11.3 Å². The normalized spacial score (nSPS) is 11.9. The Labute approximate surface area is 121 Å². The molecule has 3 amide bonds. The van der Waals surface area contributed by atoms with E-state index in [4.69, 9.17) is 5.73 Å². The van der Waals surface area contributed by atoms with Crippen molar-refractivity contribution < 1.29 is 14.4 Å². The standard InChI is InChI=1S/C13H19N3O3S/c1-8(2)6-9(12(18)15-7-11(14)17)16-13(19)10-4-3-5-20-10/h3-5,8-9H,6-7H2,1-2H3,(H2,14,17)(H,15,18)(H,16,19)/t9-/m0/s1. The number of hydrogen-bond acceptors (Lipinski definition) is 4. The molecule has 0 aliphatic heterocycles. The fourth-order valence-corrected chi connectivity index (χ4v) is 2.26. The third-order valence-corrected chi connectivity index (χ3v) is 3.38. The highest BCUT2D eigenvalue weighted by Gasteiger charge is 2.22. The number of nitrogens with one attached hydrogen (secondary N) is 2. The van der Waals surface area contributed by atoms with Gasteiger partial charge >= 0.3 is 0 Å². The van der Waals surface area contributed by atoms with Crippen LogP contribution in [0.15, 0.2) is 17.5 Å². The lowest BCUT2D eigenvalue weighted by atomic mass is 10.0. The van der Waals surface area contributed by atoms with Crippen LogP contribution in [0, 0.1) is 5.92 Å². The lowest BCUT2D eigenvalue weighted by molar-refractivity contribution is -0.126. The van der Waals surface area contributed by atoms with E-state index < -0.39 is 17.9 Å². The van der Waals surface area contributed by atoms with Gasteiger partial charge in [0.1, 0.15) is 6.04 Å². The molecule has 4 N–H and O–H groups in total. The molecule has 20 heavy (non-hydrogen) atoms. The second-order valence-corrected chi connectivity index (χ2v) is 5.76. The summed E-state index contributed by atoms with van der Waals surface area (Å²) in [6.45, 7) is 3.67. The molecule has 0 bridgehead atoms. The van der Waals surface area contributed by atoms with Gasteiger partial charge in [0.2, 0.25) is 11.8 Å². The van der Waals surface area contributed by atoms with Gasteiger partial charge in [0.15, 0.2) is 0 Å². The molecule has 0 spiro atoms. The zero-order valence-corrected chi connectivity index (χ0v) is 12.3. The summed E-state index contributed by atoms with van der Waals surface area (Å²) in [6.07, 6.45) is 0.488. The molecule has 0 saturated carbocycles. The smallest absolute Gasteiger partial charge is 0.261 e. The summed E-state index contributed by atoms with van der Waals surface area (Å²) in [7, 11) is 0. The second-order valence-electron chi connectivity index (χ2n) is 4.82. The lowest BCUT2D eigenvalue weighted by Crippen LogP contribution is -2.49. The van der Waals surface area contributed by atoms with Gasteiger partial charge in [-0.1, -0.05) is 19.9 Å². The largest absolute Gasteiger partial charge is 0.368 e. The molecular formula is C13H19N3O3S. The second kappa shape index (κ2) is 7.64. The highest BCUT2D eigenvalue weighted by Crippen LogP contribution is 2.10. The minimum Gasteiger partial charge on any atom is -0.368 e. The highest BCUT2D eigenvalue weighted by molar-refractivity contribution is 7.12. The molecule has 1 aromatic heterocycles. The average molecular weight is 297 g/mol. The van der Waals surface area contributed by atoms with Gasteiger partial charge in [0, 0.05) is 0 Å². The SMILES string of the molecule is CC(C)C[C@H](NC(=O)c1cccs1)C(=O)NCC(N)=O. The molecule has 0 fully saturated rings. The van der Waals surface area contributed by atoms with Gasteiger partial charge in [-0.3, -0.25) is 14.4 Å². The average Bonchev–Trinajstić information content (AvgIpc) is 2.88. The van der Waals surface area contributed by atoms with E-state index in [-0.39, 0.29) is 18.4 Å². The molecule has 0 aliphatic carbocycles. The van der Waals surface area contributed by atoms with Crippen molar-refractivity contribution in [3.05, 3.63) is 22.4 Å². The maximum absolute atomic E-state index is 12.0. The zero-order chi connectivity index (χ0) is 15.1. The molecule has 1 atom stereocenters. The number of carbonyl (C=O) groups is 3. The van der Waals surface area contributed by atoms with Crippen LogP contribution in [-0.2, 0) is 9.59 Å². The van der Waals surface area contributed by atoms with E-state index in [2.05, 4.69) is 10.6 Å². The van der Waals surface area contributed by atoms with Crippen LogP contribution in [0.3, 0.4) is 0 Å². The van der Waals surface area contributed by atoms with Crippen molar-refractivity contribution in [2.45, 2.75) is 26.3 Å². The highest BCUT2D eigenvalue weighted by atomic mass is 32.1. The van der Waals surface area contributed by atoms with Gasteiger partial charge in [-0.2, -0.15) is 0 Å². The molecule has 0 radical (unpaired) electrons. The molecule has 0 saturated heterocycles. The van der Waals surface area contributed by atoms with Gasteiger partial charge < -0.3 is 16.4 Å². The molecule has 1 aromatic rings. The van der Waals surface area contributed by atoms with Crippen molar-refractivity contribution >= 4 is 29.1 Å². The number of amides is 3. The lowest BCUT2D eigenvalue weighted by Gasteiger charge is -2.19. The van der Waals surface area contributed by atoms with E-state index in [1.807, 2.05) is 13.8 Å².